The van der Waals surface area contributed by atoms with Crippen LogP contribution in [0.15, 0.2) is 24.3 Å². The van der Waals surface area contributed by atoms with E-state index in [1.54, 1.807) is 28.8 Å². The summed E-state index contributed by atoms with van der Waals surface area (Å²) in [6.45, 7) is 6.17. The summed E-state index contributed by atoms with van der Waals surface area (Å²) in [6.07, 6.45) is 5.87. The molecule has 3 aliphatic heterocycles. The number of likely N-dealkylation sites (tertiary alicyclic amines) is 1. The van der Waals surface area contributed by atoms with Crippen LogP contribution in [0.2, 0.25) is 0 Å². The molecule has 3 saturated heterocycles. The Morgan fingerprint density at radius 3 is 2.49 bits per heavy atom. The van der Waals surface area contributed by atoms with E-state index in [9.17, 15) is 19.5 Å². The molecule has 1 aromatic rings. The topological polar surface area (TPSA) is 108 Å². The minimum Gasteiger partial charge on any atom is -0.494 e. The van der Waals surface area contributed by atoms with E-state index in [1.807, 2.05) is 32.9 Å². The van der Waals surface area contributed by atoms with E-state index < -0.39 is 28.7 Å². The molecule has 3 unspecified atom stereocenters. The number of rotatable bonds is 9. The van der Waals surface area contributed by atoms with Gasteiger partial charge in [-0.15, -0.1) is 11.8 Å². The Morgan fingerprint density at radius 1 is 1.18 bits per heavy atom. The van der Waals surface area contributed by atoms with Crippen LogP contribution >= 0.6 is 27.7 Å². The van der Waals surface area contributed by atoms with Gasteiger partial charge in [-0.05, 0) is 56.4 Å². The molecule has 10 heteroatoms. The lowest BCUT2D eigenvalue weighted by Crippen LogP contribution is -2.59. The maximum atomic E-state index is 14.3. The van der Waals surface area contributed by atoms with Crippen molar-refractivity contribution in [2.75, 3.05) is 18.5 Å². The SMILES string of the molecule is CCOc1ccc(NC(=O)[C@H]2[C@@H]3SC4(CC3Br)C(C(=O)NC3CCCCC3)N([C@@H](CO)C(C)C)C(=O)[C@H]24)cc1. The second kappa shape index (κ2) is 11.6. The maximum Gasteiger partial charge on any atom is 0.244 e. The van der Waals surface area contributed by atoms with Crippen LogP contribution in [-0.4, -0.2) is 73.9 Å². The van der Waals surface area contributed by atoms with Gasteiger partial charge < -0.3 is 25.4 Å². The van der Waals surface area contributed by atoms with Crippen LogP contribution < -0.4 is 15.4 Å². The lowest BCUT2D eigenvalue weighted by atomic mass is 9.70. The smallest absolute Gasteiger partial charge is 0.244 e. The molecule has 3 amide bonds. The van der Waals surface area contributed by atoms with Crippen molar-refractivity contribution in [3.63, 3.8) is 0 Å². The number of fused-ring (bicyclic) bond motifs is 1. The number of thioether (sulfide) groups is 1. The fourth-order valence-electron chi connectivity index (χ4n) is 7.20. The number of ether oxygens (including phenoxy) is 1. The third-order valence-corrected chi connectivity index (χ3v) is 12.2. The molecule has 214 valence electrons. The molecular weight excluding hydrogens is 582 g/mol. The monoisotopic (exact) mass is 621 g/mol. The first kappa shape index (κ1) is 28.7. The summed E-state index contributed by atoms with van der Waals surface area (Å²) in [6, 6.07) is 6.10. The van der Waals surface area contributed by atoms with Crippen molar-refractivity contribution in [1.29, 1.82) is 0 Å². The van der Waals surface area contributed by atoms with E-state index in [-0.39, 0.29) is 46.4 Å². The summed E-state index contributed by atoms with van der Waals surface area (Å²) < 4.78 is 4.79. The lowest BCUT2D eigenvalue weighted by Gasteiger charge is -2.39. The summed E-state index contributed by atoms with van der Waals surface area (Å²) in [5, 5.41) is 16.6. The second-order valence-electron chi connectivity index (χ2n) is 11.7. The number of carbonyl (C=O) groups is 3. The number of carbonyl (C=O) groups excluding carboxylic acids is 3. The average molecular weight is 623 g/mol. The molecule has 4 fully saturated rings. The Morgan fingerprint density at radius 2 is 1.87 bits per heavy atom. The number of aliphatic hydroxyl groups is 1. The average Bonchev–Trinajstić information content (AvgIpc) is 3.50. The molecule has 8 nitrogen and oxygen atoms in total. The van der Waals surface area contributed by atoms with Gasteiger partial charge in [0.1, 0.15) is 11.8 Å². The summed E-state index contributed by atoms with van der Waals surface area (Å²) in [5.41, 5.74) is 0.640. The Hall–Kier alpha value is -1.78. The number of nitrogens with one attached hydrogen (secondary N) is 2. The molecule has 1 aromatic carbocycles. The van der Waals surface area contributed by atoms with Crippen molar-refractivity contribution in [2.24, 2.45) is 17.8 Å². The molecule has 0 radical (unpaired) electrons. The second-order valence-corrected chi connectivity index (χ2v) is 14.4. The lowest BCUT2D eigenvalue weighted by molar-refractivity contribution is -0.143. The summed E-state index contributed by atoms with van der Waals surface area (Å²) in [7, 11) is 0. The van der Waals surface area contributed by atoms with E-state index in [4.69, 9.17) is 4.74 Å². The van der Waals surface area contributed by atoms with E-state index in [2.05, 4.69) is 26.6 Å². The molecule has 4 aliphatic rings. The molecule has 3 heterocycles. The quantitative estimate of drug-likeness (QED) is 0.360. The number of amides is 3. The van der Waals surface area contributed by atoms with Gasteiger partial charge in [0.2, 0.25) is 17.7 Å². The standard InChI is InChI=1S/C29H40BrN3O5S/c1-4-38-19-12-10-18(11-13-19)31-26(35)22-23-28(37)33(21(15-34)16(2)3)25(29(23)14-20(30)24(22)39-29)27(36)32-17-8-6-5-7-9-17/h10-13,16-17,20-25,34H,4-9,14-15H2,1-3H3,(H,31,35)(H,32,36)/t20?,21-,22+,23-,24+,25?,29?/m0/s1. The molecule has 0 aromatic heterocycles. The first-order valence-electron chi connectivity index (χ1n) is 14.3. The minimum atomic E-state index is -0.727. The molecule has 3 N–H and O–H groups in total. The Labute approximate surface area is 243 Å². The number of benzene rings is 1. The fourth-order valence-corrected chi connectivity index (χ4v) is 10.8. The van der Waals surface area contributed by atoms with Crippen molar-refractivity contribution < 1.29 is 24.2 Å². The Balaban J connectivity index is 1.46. The van der Waals surface area contributed by atoms with E-state index >= 15 is 0 Å². The normalized spacial score (nSPS) is 32.8. The van der Waals surface area contributed by atoms with Crippen LogP contribution in [-0.2, 0) is 14.4 Å². The highest BCUT2D eigenvalue weighted by atomic mass is 79.9. The first-order chi connectivity index (χ1) is 18.7. The Bertz CT molecular complexity index is 1080. The zero-order valence-electron chi connectivity index (χ0n) is 22.9. The van der Waals surface area contributed by atoms with Crippen molar-refractivity contribution in [3.8, 4) is 5.75 Å². The van der Waals surface area contributed by atoms with Gasteiger partial charge in [-0.1, -0.05) is 49.0 Å². The van der Waals surface area contributed by atoms with E-state index in [1.165, 1.54) is 6.42 Å². The van der Waals surface area contributed by atoms with E-state index in [0.717, 1.165) is 31.4 Å². The highest BCUT2D eigenvalue weighted by molar-refractivity contribution is 9.09. The number of anilines is 1. The van der Waals surface area contributed by atoms with Gasteiger partial charge >= 0.3 is 0 Å². The summed E-state index contributed by atoms with van der Waals surface area (Å²) in [4.78, 5) is 43.8. The van der Waals surface area contributed by atoms with Crippen LogP contribution in [0.25, 0.3) is 0 Å². The molecule has 1 saturated carbocycles. The number of alkyl halides is 1. The zero-order valence-corrected chi connectivity index (χ0v) is 25.3. The third kappa shape index (κ3) is 5.10. The van der Waals surface area contributed by atoms with Gasteiger partial charge in [0.15, 0.2) is 0 Å². The molecule has 1 spiro atoms. The summed E-state index contributed by atoms with van der Waals surface area (Å²) in [5.74, 6) is -1.07. The number of nitrogens with zero attached hydrogens (tertiary/aromatic N) is 1. The predicted octanol–water partition coefficient (Wildman–Crippen LogP) is 3.95. The van der Waals surface area contributed by atoms with Gasteiger partial charge in [0.05, 0.1) is 35.8 Å². The predicted molar refractivity (Wildman–Crippen MR) is 156 cm³/mol. The number of hydrogen-bond donors (Lipinski definition) is 3. The highest BCUT2D eigenvalue weighted by Crippen LogP contribution is 2.68. The molecule has 1 aliphatic carbocycles. The van der Waals surface area contributed by atoms with Crippen molar-refractivity contribution in [1.82, 2.24) is 10.2 Å². The van der Waals surface area contributed by atoms with Crippen LogP contribution in [0.5, 0.6) is 5.75 Å². The van der Waals surface area contributed by atoms with Gasteiger partial charge in [-0.3, -0.25) is 14.4 Å². The molecule has 5 rings (SSSR count). The number of hydrogen-bond acceptors (Lipinski definition) is 6. The maximum absolute atomic E-state index is 14.3. The minimum absolute atomic E-state index is 0.000753. The Kier molecular flexibility index (Phi) is 8.55. The molecular formula is C29H40BrN3O5S. The van der Waals surface area contributed by atoms with Gasteiger partial charge in [0, 0.05) is 21.8 Å². The van der Waals surface area contributed by atoms with Crippen molar-refractivity contribution in [3.05, 3.63) is 24.3 Å². The summed E-state index contributed by atoms with van der Waals surface area (Å²) >= 11 is 5.44. The van der Waals surface area contributed by atoms with Crippen LogP contribution in [0.1, 0.15) is 59.3 Å². The van der Waals surface area contributed by atoms with Gasteiger partial charge in [0.25, 0.3) is 0 Å². The van der Waals surface area contributed by atoms with Gasteiger partial charge in [-0.25, -0.2) is 0 Å². The molecule has 39 heavy (non-hydrogen) atoms. The number of halogens is 1. The highest BCUT2D eigenvalue weighted by Gasteiger charge is 2.76. The van der Waals surface area contributed by atoms with Crippen molar-refractivity contribution in [2.45, 2.75) is 92.2 Å². The fraction of sp³-hybridized carbons (Fsp3) is 0.690. The first-order valence-corrected chi connectivity index (χ1v) is 16.1. The third-order valence-electron chi connectivity index (χ3n) is 8.98. The van der Waals surface area contributed by atoms with Crippen LogP contribution in [0, 0.1) is 17.8 Å². The largest absolute Gasteiger partial charge is 0.494 e. The molecule has 7 atom stereocenters. The van der Waals surface area contributed by atoms with E-state index in [0.29, 0.717) is 18.7 Å². The van der Waals surface area contributed by atoms with Crippen LogP contribution in [0.3, 0.4) is 0 Å². The number of aliphatic hydroxyl groups excluding tert-OH is 1. The van der Waals surface area contributed by atoms with Gasteiger partial charge in [-0.2, -0.15) is 0 Å². The van der Waals surface area contributed by atoms with Crippen LogP contribution in [0.4, 0.5) is 5.69 Å². The molecule has 2 bridgehead atoms. The van der Waals surface area contributed by atoms with Crippen molar-refractivity contribution >= 4 is 51.1 Å². The zero-order chi connectivity index (χ0) is 27.9.